The summed E-state index contributed by atoms with van der Waals surface area (Å²) in [4.78, 5) is 47.5. The summed E-state index contributed by atoms with van der Waals surface area (Å²) < 4.78 is 0. The first-order valence-corrected chi connectivity index (χ1v) is 22.0. The van der Waals surface area contributed by atoms with Gasteiger partial charge in [0.1, 0.15) is 5.82 Å². The summed E-state index contributed by atoms with van der Waals surface area (Å²) >= 11 is 0. The standard InChI is InChI=1S/C19H23N3O.C17H23NO.C16H23NO/c1-19(2,3)16-7-5-6-13-12-22(18(23)10-15(13)16)14-8-9-17(20-4)21-11-14;1-17(2,3)15-9-4-6-12-11-18(13-7-5-8-13)16(19)10-14(12)15;1-11(2)17-10-12-7-6-8-14(16(3,4)5)13(12)9-15(17)18/h5-9,11H,10,12H2,1-4H3,(H,20,21);4,6,9,13H,5,7-8,10-11H2,1-3H3;6-8,11H,9-10H2,1-5H3. The van der Waals surface area contributed by atoms with Crippen molar-refractivity contribution in [1.29, 1.82) is 0 Å². The zero-order valence-electron chi connectivity index (χ0n) is 38.5. The molecule has 1 saturated carbocycles. The molecule has 4 heterocycles. The second-order valence-electron chi connectivity index (χ2n) is 20.5. The molecule has 0 atom stereocenters. The lowest BCUT2D eigenvalue weighted by Gasteiger charge is -2.41. The first-order chi connectivity index (χ1) is 28.2. The molecule has 8 heteroatoms. The molecule has 1 N–H and O–H groups in total. The number of anilines is 2. The minimum atomic E-state index is 0.0454. The van der Waals surface area contributed by atoms with Gasteiger partial charge in [0.2, 0.25) is 17.7 Å². The van der Waals surface area contributed by atoms with E-state index in [0.717, 1.165) is 24.6 Å². The monoisotopic (exact) mass is 812 g/mol. The molecule has 60 heavy (non-hydrogen) atoms. The van der Waals surface area contributed by atoms with Crippen molar-refractivity contribution in [3.05, 3.63) is 123 Å². The van der Waals surface area contributed by atoms with Gasteiger partial charge in [-0.25, -0.2) is 4.98 Å². The summed E-state index contributed by atoms with van der Waals surface area (Å²) in [7, 11) is 1.83. The van der Waals surface area contributed by atoms with Gasteiger partial charge in [0, 0.05) is 32.2 Å². The first kappa shape index (κ1) is 44.6. The zero-order valence-corrected chi connectivity index (χ0v) is 38.5. The third-order valence-electron chi connectivity index (χ3n) is 12.6. The van der Waals surface area contributed by atoms with E-state index in [1.54, 1.807) is 6.20 Å². The lowest BCUT2D eigenvalue weighted by molar-refractivity contribution is -0.136. The molecule has 8 nitrogen and oxygen atoms in total. The lowest BCUT2D eigenvalue weighted by atomic mass is 9.79. The highest BCUT2D eigenvalue weighted by Crippen LogP contribution is 2.37. The lowest BCUT2D eigenvalue weighted by Crippen LogP contribution is -2.47. The second kappa shape index (κ2) is 17.6. The fourth-order valence-electron chi connectivity index (χ4n) is 9.07. The summed E-state index contributed by atoms with van der Waals surface area (Å²) in [5.74, 6) is 1.52. The number of amides is 3. The molecule has 320 valence electrons. The van der Waals surface area contributed by atoms with E-state index in [0.29, 0.717) is 37.8 Å². The van der Waals surface area contributed by atoms with Crippen LogP contribution in [0.4, 0.5) is 11.5 Å². The minimum absolute atomic E-state index is 0.0454. The Bertz CT molecular complexity index is 2200. The van der Waals surface area contributed by atoms with Crippen molar-refractivity contribution in [2.75, 3.05) is 17.3 Å². The molecule has 3 aliphatic heterocycles. The van der Waals surface area contributed by atoms with Crippen molar-refractivity contribution in [3.8, 4) is 0 Å². The average molecular weight is 812 g/mol. The number of rotatable bonds is 4. The Kier molecular flexibility index (Phi) is 13.0. The maximum absolute atomic E-state index is 12.7. The Morgan fingerprint density at radius 1 is 0.600 bits per heavy atom. The molecule has 8 rings (SSSR count). The predicted octanol–water partition coefficient (Wildman–Crippen LogP) is 10.2. The maximum atomic E-state index is 12.7. The number of aromatic nitrogens is 1. The number of carbonyl (C=O) groups excluding carboxylic acids is 3. The van der Waals surface area contributed by atoms with E-state index < -0.39 is 0 Å². The highest BCUT2D eigenvalue weighted by Gasteiger charge is 2.35. The number of hydrogen-bond acceptors (Lipinski definition) is 5. The van der Waals surface area contributed by atoms with Crippen molar-refractivity contribution in [1.82, 2.24) is 14.8 Å². The van der Waals surface area contributed by atoms with Gasteiger partial charge in [0.05, 0.1) is 37.7 Å². The zero-order chi connectivity index (χ0) is 43.7. The Morgan fingerprint density at radius 3 is 1.48 bits per heavy atom. The van der Waals surface area contributed by atoms with Crippen molar-refractivity contribution in [2.24, 2.45) is 0 Å². The molecule has 4 aromatic rings. The Labute approximate surface area is 360 Å². The van der Waals surface area contributed by atoms with E-state index in [1.807, 2.05) is 29.0 Å². The van der Waals surface area contributed by atoms with Crippen molar-refractivity contribution >= 4 is 29.2 Å². The fraction of sp³-hybridized carbons (Fsp3) is 0.500. The molecule has 0 radical (unpaired) electrons. The van der Waals surface area contributed by atoms with Crippen LogP contribution >= 0.6 is 0 Å². The van der Waals surface area contributed by atoms with Gasteiger partial charge in [-0.15, -0.1) is 0 Å². The Morgan fingerprint density at radius 2 is 1.07 bits per heavy atom. The summed E-state index contributed by atoms with van der Waals surface area (Å²) in [5.41, 5.74) is 12.7. The number of carbonyl (C=O) groups is 3. The molecule has 0 unspecified atom stereocenters. The molecule has 0 saturated heterocycles. The average Bonchev–Trinajstić information content (AvgIpc) is 3.15. The van der Waals surface area contributed by atoms with E-state index in [1.165, 1.54) is 69.3 Å². The number of nitrogens with one attached hydrogen (secondary N) is 1. The van der Waals surface area contributed by atoms with Crippen LogP contribution in [0.25, 0.3) is 0 Å². The van der Waals surface area contributed by atoms with Gasteiger partial charge in [-0.1, -0.05) is 117 Å². The van der Waals surface area contributed by atoms with Gasteiger partial charge in [-0.2, -0.15) is 0 Å². The van der Waals surface area contributed by atoms with Gasteiger partial charge in [0.25, 0.3) is 0 Å². The minimum Gasteiger partial charge on any atom is -0.373 e. The van der Waals surface area contributed by atoms with Crippen LogP contribution < -0.4 is 10.2 Å². The van der Waals surface area contributed by atoms with Crippen LogP contribution in [0.15, 0.2) is 72.9 Å². The van der Waals surface area contributed by atoms with Crippen LogP contribution in [0.1, 0.15) is 145 Å². The molecule has 1 fully saturated rings. The number of pyridine rings is 1. The molecule has 0 spiro atoms. The number of benzene rings is 3. The molecule has 1 aromatic heterocycles. The molecule has 3 amide bonds. The van der Waals surface area contributed by atoms with Crippen molar-refractivity contribution in [2.45, 2.75) is 163 Å². The highest BCUT2D eigenvalue weighted by atomic mass is 16.2. The van der Waals surface area contributed by atoms with Crippen LogP contribution in [0.2, 0.25) is 0 Å². The van der Waals surface area contributed by atoms with Crippen LogP contribution in [0, 0.1) is 0 Å². The topological polar surface area (TPSA) is 85.9 Å². The van der Waals surface area contributed by atoms with Gasteiger partial charge in [-0.3, -0.25) is 14.4 Å². The molecule has 1 aliphatic carbocycles. The number of hydrogen-bond donors (Lipinski definition) is 1. The van der Waals surface area contributed by atoms with E-state index >= 15 is 0 Å². The second-order valence-corrected chi connectivity index (χ2v) is 20.5. The predicted molar refractivity (Wildman–Crippen MR) is 245 cm³/mol. The largest absolute Gasteiger partial charge is 0.373 e. The van der Waals surface area contributed by atoms with Gasteiger partial charge < -0.3 is 20.0 Å². The molecular weight excluding hydrogens is 743 g/mol. The van der Waals surface area contributed by atoms with Crippen molar-refractivity contribution < 1.29 is 14.4 Å². The summed E-state index contributed by atoms with van der Waals surface area (Å²) in [6.07, 6.45) is 7.03. The number of nitrogens with zero attached hydrogens (tertiary/aromatic N) is 4. The summed E-state index contributed by atoms with van der Waals surface area (Å²) in [6, 6.07) is 24.0. The van der Waals surface area contributed by atoms with Gasteiger partial charge in [-0.05, 0) is 112 Å². The van der Waals surface area contributed by atoms with Crippen molar-refractivity contribution in [3.63, 3.8) is 0 Å². The van der Waals surface area contributed by atoms with Crippen LogP contribution in [0.5, 0.6) is 0 Å². The Hall–Kier alpha value is -4.98. The van der Waals surface area contributed by atoms with Crippen LogP contribution in [-0.2, 0) is 69.5 Å². The molecular formula is C52H69N5O3. The third-order valence-corrected chi connectivity index (χ3v) is 12.6. The maximum Gasteiger partial charge on any atom is 0.231 e. The van der Waals surface area contributed by atoms with E-state index in [2.05, 4.69) is 146 Å². The van der Waals surface area contributed by atoms with Crippen LogP contribution in [-0.4, -0.2) is 51.6 Å². The SMILES string of the molecule is CC(C)(C)c1cccc2c1CC(=O)N(C1CCC1)C2.CC(C)N1Cc2cccc(C(C)(C)C)c2CC1=O.CNc1ccc(N2Cc3cccc(C(C)(C)C)c3CC2=O)cn1. The highest BCUT2D eigenvalue weighted by molar-refractivity contribution is 5.96. The third kappa shape index (κ3) is 9.80. The fourth-order valence-corrected chi connectivity index (χ4v) is 9.07. The van der Waals surface area contributed by atoms with Gasteiger partial charge in [0.15, 0.2) is 0 Å². The normalized spacial score (nSPS) is 16.8. The smallest absolute Gasteiger partial charge is 0.231 e. The van der Waals surface area contributed by atoms with E-state index in [9.17, 15) is 14.4 Å². The summed E-state index contributed by atoms with van der Waals surface area (Å²) in [6.45, 7) is 26.2. The van der Waals surface area contributed by atoms with E-state index in [4.69, 9.17) is 0 Å². The summed E-state index contributed by atoms with van der Waals surface area (Å²) in [5, 5.41) is 2.99. The van der Waals surface area contributed by atoms with Crippen LogP contribution in [0.3, 0.4) is 0 Å². The first-order valence-electron chi connectivity index (χ1n) is 22.0. The molecule has 4 aliphatic rings. The molecule has 3 aromatic carbocycles. The van der Waals surface area contributed by atoms with E-state index in [-0.39, 0.29) is 34.1 Å². The van der Waals surface area contributed by atoms with Gasteiger partial charge >= 0.3 is 0 Å². The molecule has 0 bridgehead atoms. The quantitative estimate of drug-likeness (QED) is 0.222. The number of fused-ring (bicyclic) bond motifs is 3. The Balaban J connectivity index is 0.000000152.